The number of nitro benzene ring substituents is 1. The molecule has 0 bridgehead atoms. The van der Waals surface area contributed by atoms with Gasteiger partial charge in [-0.25, -0.2) is 0 Å². The van der Waals surface area contributed by atoms with Gasteiger partial charge in [0.15, 0.2) is 5.78 Å². The van der Waals surface area contributed by atoms with Crippen molar-refractivity contribution in [2.75, 3.05) is 18.1 Å². The lowest BCUT2D eigenvalue weighted by Crippen LogP contribution is -2.41. The molecule has 1 fully saturated rings. The van der Waals surface area contributed by atoms with Gasteiger partial charge in [-0.05, 0) is 44.7 Å². The summed E-state index contributed by atoms with van der Waals surface area (Å²) in [4.78, 5) is 26.1. The van der Waals surface area contributed by atoms with E-state index in [4.69, 9.17) is 0 Å². The quantitative estimate of drug-likeness (QED) is 0.454. The minimum Gasteiger partial charge on any atom is -0.396 e. The number of carbonyl (C=O) groups excluding carboxylic acids is 1. The number of nitrogens with zero attached hydrogens (tertiary/aromatic N) is 2. The molecule has 1 atom stereocenters. The maximum absolute atomic E-state index is 12.7. The fraction of sp³-hybridized carbons (Fsp3) is 0.381. The highest BCUT2D eigenvalue weighted by atomic mass is 16.6. The number of rotatable bonds is 7. The third-order valence-corrected chi connectivity index (χ3v) is 5.38. The molecule has 6 nitrogen and oxygen atoms in total. The van der Waals surface area contributed by atoms with Gasteiger partial charge < -0.3 is 10.0 Å². The maximum Gasteiger partial charge on any atom is 0.293 e. The van der Waals surface area contributed by atoms with Crippen LogP contribution in [-0.4, -0.2) is 34.5 Å². The van der Waals surface area contributed by atoms with Gasteiger partial charge in [-0.2, -0.15) is 0 Å². The van der Waals surface area contributed by atoms with Crippen molar-refractivity contribution in [2.45, 2.75) is 38.1 Å². The van der Waals surface area contributed by atoms with E-state index < -0.39 is 4.92 Å². The molecule has 1 heterocycles. The number of benzene rings is 2. The van der Waals surface area contributed by atoms with E-state index in [0.717, 1.165) is 25.8 Å². The second-order valence-corrected chi connectivity index (χ2v) is 7.24. The maximum atomic E-state index is 12.7. The number of aliphatic hydroxyl groups is 1. The molecule has 1 saturated heterocycles. The minimum absolute atomic E-state index is 0.0473. The summed E-state index contributed by atoms with van der Waals surface area (Å²) in [5.41, 5.74) is 1.09. The van der Waals surface area contributed by atoms with Crippen LogP contribution >= 0.6 is 0 Å². The zero-order chi connectivity index (χ0) is 19.4. The predicted molar refractivity (Wildman–Crippen MR) is 104 cm³/mol. The SMILES string of the molecule is C[C@@]1(CCCO)CCCN1c1ccc(C(=O)c2ccccc2)cc1[N+](=O)[O-]. The number of carbonyl (C=O) groups is 1. The predicted octanol–water partition coefficient (Wildman–Crippen LogP) is 3.96. The average Bonchev–Trinajstić information content (AvgIpc) is 3.07. The molecule has 0 aromatic heterocycles. The molecular weight excluding hydrogens is 344 g/mol. The Balaban J connectivity index is 1.97. The zero-order valence-electron chi connectivity index (χ0n) is 15.4. The molecular formula is C21H24N2O4. The second kappa shape index (κ2) is 7.88. The number of aliphatic hydroxyl groups excluding tert-OH is 1. The fourth-order valence-electron chi connectivity index (χ4n) is 3.95. The van der Waals surface area contributed by atoms with Crippen LogP contribution in [-0.2, 0) is 0 Å². The average molecular weight is 368 g/mol. The molecule has 142 valence electrons. The molecule has 27 heavy (non-hydrogen) atoms. The highest BCUT2D eigenvalue weighted by molar-refractivity contribution is 6.09. The third kappa shape index (κ3) is 3.85. The van der Waals surface area contributed by atoms with E-state index in [2.05, 4.69) is 11.8 Å². The summed E-state index contributed by atoms with van der Waals surface area (Å²) in [6.07, 6.45) is 3.30. The van der Waals surface area contributed by atoms with Crippen molar-refractivity contribution in [3.63, 3.8) is 0 Å². The van der Waals surface area contributed by atoms with Crippen molar-refractivity contribution in [1.29, 1.82) is 0 Å². The lowest BCUT2D eigenvalue weighted by molar-refractivity contribution is -0.384. The Hall–Kier alpha value is -2.73. The molecule has 1 aliphatic rings. The van der Waals surface area contributed by atoms with E-state index in [1.165, 1.54) is 6.07 Å². The van der Waals surface area contributed by atoms with Crippen LogP contribution in [0.1, 0.15) is 48.5 Å². The minimum atomic E-state index is -0.415. The number of nitro groups is 1. The molecule has 2 aromatic carbocycles. The first kappa shape index (κ1) is 19.0. The molecule has 0 spiro atoms. The first-order valence-electron chi connectivity index (χ1n) is 9.23. The second-order valence-electron chi connectivity index (χ2n) is 7.24. The van der Waals surface area contributed by atoms with E-state index in [9.17, 15) is 20.0 Å². The van der Waals surface area contributed by atoms with Crippen molar-refractivity contribution in [3.05, 3.63) is 69.8 Å². The number of ketones is 1. The van der Waals surface area contributed by atoms with Gasteiger partial charge in [0.1, 0.15) is 5.69 Å². The highest BCUT2D eigenvalue weighted by Gasteiger charge is 2.39. The fourth-order valence-corrected chi connectivity index (χ4v) is 3.95. The third-order valence-electron chi connectivity index (χ3n) is 5.38. The Morgan fingerprint density at radius 3 is 2.63 bits per heavy atom. The molecule has 0 unspecified atom stereocenters. The largest absolute Gasteiger partial charge is 0.396 e. The summed E-state index contributed by atoms with van der Waals surface area (Å²) >= 11 is 0. The molecule has 1 N–H and O–H groups in total. The van der Waals surface area contributed by atoms with Gasteiger partial charge in [-0.3, -0.25) is 14.9 Å². The molecule has 0 saturated carbocycles. The summed E-state index contributed by atoms with van der Waals surface area (Å²) in [6.45, 7) is 2.92. The molecule has 1 aliphatic heterocycles. The molecule has 0 radical (unpaired) electrons. The van der Waals surface area contributed by atoms with Gasteiger partial charge in [0.25, 0.3) is 5.69 Å². The van der Waals surface area contributed by atoms with Crippen LogP contribution in [0.15, 0.2) is 48.5 Å². The number of anilines is 1. The van der Waals surface area contributed by atoms with Gasteiger partial charge in [0, 0.05) is 35.9 Å². The molecule has 0 aliphatic carbocycles. The summed E-state index contributed by atoms with van der Waals surface area (Å²) in [7, 11) is 0. The smallest absolute Gasteiger partial charge is 0.293 e. The van der Waals surface area contributed by atoms with E-state index in [1.807, 2.05) is 6.07 Å². The summed E-state index contributed by atoms with van der Waals surface area (Å²) in [5.74, 6) is -0.227. The first-order valence-corrected chi connectivity index (χ1v) is 9.23. The molecule has 3 rings (SSSR count). The van der Waals surface area contributed by atoms with Crippen LogP contribution < -0.4 is 4.90 Å². The van der Waals surface area contributed by atoms with Crippen LogP contribution in [0.4, 0.5) is 11.4 Å². The van der Waals surface area contributed by atoms with Crippen molar-refractivity contribution in [2.24, 2.45) is 0 Å². The normalized spacial score (nSPS) is 19.3. The number of hydrogen-bond acceptors (Lipinski definition) is 5. The van der Waals surface area contributed by atoms with E-state index in [0.29, 0.717) is 23.2 Å². The monoisotopic (exact) mass is 368 g/mol. The lowest BCUT2D eigenvalue weighted by atomic mass is 9.92. The van der Waals surface area contributed by atoms with Gasteiger partial charge in [-0.15, -0.1) is 0 Å². The van der Waals surface area contributed by atoms with Gasteiger partial charge in [0.2, 0.25) is 0 Å². The summed E-state index contributed by atoms with van der Waals surface area (Å²) < 4.78 is 0. The highest BCUT2D eigenvalue weighted by Crippen LogP contribution is 2.41. The number of hydrogen-bond donors (Lipinski definition) is 1. The van der Waals surface area contributed by atoms with Crippen LogP contribution in [0.3, 0.4) is 0 Å². The Kier molecular flexibility index (Phi) is 5.56. The van der Waals surface area contributed by atoms with E-state index in [-0.39, 0.29) is 23.6 Å². The molecule has 6 heteroatoms. The van der Waals surface area contributed by atoms with Gasteiger partial charge in [-0.1, -0.05) is 30.3 Å². The zero-order valence-corrected chi connectivity index (χ0v) is 15.4. The Bertz CT molecular complexity index is 837. The summed E-state index contributed by atoms with van der Waals surface area (Å²) in [5, 5.41) is 20.9. The molecule has 2 aromatic rings. The molecule has 0 amide bonds. The standard InChI is InChI=1S/C21H24N2O4/c1-21(12-6-14-24)11-5-13-22(21)18-10-9-17(15-19(18)23(26)27)20(25)16-7-3-2-4-8-16/h2-4,7-10,15,24H,5-6,11-14H2,1H3/t21-/m0/s1. The van der Waals surface area contributed by atoms with Crippen LogP contribution in [0.25, 0.3) is 0 Å². The van der Waals surface area contributed by atoms with Crippen LogP contribution in [0.5, 0.6) is 0 Å². The Morgan fingerprint density at radius 2 is 1.96 bits per heavy atom. The van der Waals surface area contributed by atoms with Crippen molar-refractivity contribution in [3.8, 4) is 0 Å². The van der Waals surface area contributed by atoms with Crippen molar-refractivity contribution >= 4 is 17.2 Å². The first-order chi connectivity index (χ1) is 13.0. The Morgan fingerprint density at radius 1 is 1.22 bits per heavy atom. The van der Waals surface area contributed by atoms with Crippen LogP contribution in [0, 0.1) is 10.1 Å². The lowest BCUT2D eigenvalue weighted by Gasteiger charge is -2.37. The van der Waals surface area contributed by atoms with Crippen LogP contribution in [0.2, 0.25) is 0 Å². The Labute approximate surface area is 158 Å². The summed E-state index contributed by atoms with van der Waals surface area (Å²) in [6, 6.07) is 13.5. The topological polar surface area (TPSA) is 83.7 Å². The van der Waals surface area contributed by atoms with Gasteiger partial charge in [0.05, 0.1) is 4.92 Å². The van der Waals surface area contributed by atoms with Crippen molar-refractivity contribution in [1.82, 2.24) is 0 Å². The van der Waals surface area contributed by atoms with Gasteiger partial charge >= 0.3 is 0 Å². The van der Waals surface area contributed by atoms with E-state index in [1.54, 1.807) is 36.4 Å². The van der Waals surface area contributed by atoms with Crippen molar-refractivity contribution < 1.29 is 14.8 Å². The van der Waals surface area contributed by atoms with E-state index >= 15 is 0 Å².